The van der Waals surface area contributed by atoms with Gasteiger partial charge in [-0.25, -0.2) is 0 Å². The first-order chi connectivity index (χ1) is 7.84. The molecule has 0 unspecified atom stereocenters. The molecule has 0 saturated heterocycles. The minimum atomic E-state index is -3.79. The van der Waals surface area contributed by atoms with E-state index < -0.39 is 22.2 Å². The second-order valence-corrected chi connectivity index (χ2v) is 5.50. The number of hydrogen-bond acceptors (Lipinski definition) is 3. The molecule has 0 aliphatic carbocycles. The molecule has 17 heavy (non-hydrogen) atoms. The van der Waals surface area contributed by atoms with Crippen molar-refractivity contribution >= 4 is 16.2 Å². The molecule has 0 aromatic heterocycles. The molecule has 94 valence electrons. The summed E-state index contributed by atoms with van der Waals surface area (Å²) in [6, 6.07) is 6.84. The van der Waals surface area contributed by atoms with E-state index in [0.717, 1.165) is 4.31 Å². The molecular weight excluding hydrogens is 244 g/mol. The number of carbonyl (C=O) groups is 1. The van der Waals surface area contributed by atoms with Crippen LogP contribution in [0.5, 0.6) is 0 Å². The second-order valence-electron chi connectivity index (χ2n) is 3.59. The van der Waals surface area contributed by atoms with Gasteiger partial charge in [-0.2, -0.15) is 17.4 Å². The van der Waals surface area contributed by atoms with Gasteiger partial charge in [-0.05, 0) is 5.56 Å². The van der Waals surface area contributed by atoms with E-state index in [0.29, 0.717) is 5.56 Å². The number of rotatable bonds is 5. The molecule has 0 radical (unpaired) electrons. The molecule has 1 rings (SSSR count). The third-order valence-corrected chi connectivity index (χ3v) is 3.62. The molecule has 1 aromatic carbocycles. The van der Waals surface area contributed by atoms with Crippen molar-refractivity contribution in [1.29, 1.82) is 0 Å². The molecule has 0 bridgehead atoms. The fourth-order valence-electron chi connectivity index (χ4n) is 1.16. The molecule has 0 amide bonds. The van der Waals surface area contributed by atoms with E-state index in [1.54, 1.807) is 30.3 Å². The standard InChI is InChI=1S/C10H14N2O4S/c1-12(2)17(15,16)11-9(10(13)14)8-6-4-3-5-7-8/h3-7,9,11H,1-2H3,(H,13,14)/t9-/m0/s1. The Hall–Kier alpha value is -1.44. The molecule has 0 fully saturated rings. The summed E-state index contributed by atoms with van der Waals surface area (Å²) in [5.74, 6) is -1.25. The van der Waals surface area contributed by atoms with Crippen LogP contribution in [-0.4, -0.2) is 37.9 Å². The Kier molecular flexibility index (Phi) is 4.22. The van der Waals surface area contributed by atoms with Crippen LogP contribution in [0.2, 0.25) is 0 Å². The summed E-state index contributed by atoms with van der Waals surface area (Å²) >= 11 is 0. The lowest BCUT2D eigenvalue weighted by molar-refractivity contribution is -0.139. The van der Waals surface area contributed by atoms with Crippen LogP contribution in [0.4, 0.5) is 0 Å². The predicted molar refractivity (Wildman–Crippen MR) is 62.6 cm³/mol. The normalized spacial score (nSPS) is 13.6. The van der Waals surface area contributed by atoms with Crippen LogP contribution < -0.4 is 4.72 Å². The van der Waals surface area contributed by atoms with Gasteiger partial charge in [0.15, 0.2) is 0 Å². The number of nitrogens with one attached hydrogen (secondary N) is 1. The van der Waals surface area contributed by atoms with E-state index in [2.05, 4.69) is 4.72 Å². The van der Waals surface area contributed by atoms with E-state index in [1.165, 1.54) is 14.1 Å². The molecule has 0 aliphatic rings. The summed E-state index contributed by atoms with van der Waals surface area (Å²) in [4.78, 5) is 11.1. The third kappa shape index (κ3) is 3.52. The van der Waals surface area contributed by atoms with Gasteiger partial charge in [0.05, 0.1) is 0 Å². The van der Waals surface area contributed by atoms with Crippen molar-refractivity contribution in [3.63, 3.8) is 0 Å². The van der Waals surface area contributed by atoms with Gasteiger partial charge in [0.25, 0.3) is 10.2 Å². The van der Waals surface area contributed by atoms with Crippen LogP contribution in [0.15, 0.2) is 30.3 Å². The van der Waals surface area contributed by atoms with Gasteiger partial charge in [0, 0.05) is 14.1 Å². The van der Waals surface area contributed by atoms with Gasteiger partial charge >= 0.3 is 5.97 Å². The Morgan fingerprint density at radius 1 is 1.29 bits per heavy atom. The van der Waals surface area contributed by atoms with Gasteiger partial charge in [-0.3, -0.25) is 4.79 Å². The molecular formula is C10H14N2O4S. The van der Waals surface area contributed by atoms with E-state index >= 15 is 0 Å². The second kappa shape index (κ2) is 5.26. The van der Waals surface area contributed by atoms with Crippen LogP contribution in [0.3, 0.4) is 0 Å². The molecule has 0 heterocycles. The highest BCUT2D eigenvalue weighted by Crippen LogP contribution is 2.14. The van der Waals surface area contributed by atoms with Crippen molar-refractivity contribution < 1.29 is 18.3 Å². The maximum Gasteiger partial charge on any atom is 0.326 e. The Bertz CT molecular complexity index is 484. The highest BCUT2D eigenvalue weighted by molar-refractivity contribution is 7.87. The molecule has 2 N–H and O–H groups in total. The Morgan fingerprint density at radius 2 is 1.82 bits per heavy atom. The van der Waals surface area contributed by atoms with E-state index in [4.69, 9.17) is 5.11 Å². The minimum Gasteiger partial charge on any atom is -0.480 e. The van der Waals surface area contributed by atoms with Crippen molar-refractivity contribution in [3.8, 4) is 0 Å². The summed E-state index contributed by atoms with van der Waals surface area (Å²) in [6.45, 7) is 0. The third-order valence-electron chi connectivity index (χ3n) is 2.13. The predicted octanol–water partition coefficient (Wildman–Crippen LogP) is 0.208. The molecule has 0 spiro atoms. The first-order valence-corrected chi connectivity index (χ1v) is 6.26. The minimum absolute atomic E-state index is 0.380. The Labute approximate surface area is 100 Å². The van der Waals surface area contributed by atoms with Crippen LogP contribution in [0.25, 0.3) is 0 Å². The molecule has 1 atom stereocenters. The average molecular weight is 258 g/mol. The van der Waals surface area contributed by atoms with Crippen molar-refractivity contribution in [2.45, 2.75) is 6.04 Å². The Morgan fingerprint density at radius 3 is 2.24 bits per heavy atom. The zero-order valence-corrected chi connectivity index (χ0v) is 10.3. The molecule has 1 aromatic rings. The highest BCUT2D eigenvalue weighted by Gasteiger charge is 2.26. The highest BCUT2D eigenvalue weighted by atomic mass is 32.2. The van der Waals surface area contributed by atoms with E-state index in [-0.39, 0.29) is 0 Å². The number of aliphatic carboxylic acids is 1. The van der Waals surface area contributed by atoms with Gasteiger partial charge < -0.3 is 5.11 Å². The lowest BCUT2D eigenvalue weighted by atomic mass is 10.1. The Balaban J connectivity index is 3.02. The molecule has 0 saturated carbocycles. The van der Waals surface area contributed by atoms with Crippen molar-refractivity contribution in [1.82, 2.24) is 9.03 Å². The smallest absolute Gasteiger partial charge is 0.326 e. The monoisotopic (exact) mass is 258 g/mol. The topological polar surface area (TPSA) is 86.7 Å². The average Bonchev–Trinajstić information content (AvgIpc) is 2.26. The lowest BCUT2D eigenvalue weighted by Gasteiger charge is -2.18. The first-order valence-electron chi connectivity index (χ1n) is 4.82. The van der Waals surface area contributed by atoms with Crippen LogP contribution in [-0.2, 0) is 15.0 Å². The number of benzene rings is 1. The SMILES string of the molecule is CN(C)S(=O)(=O)N[C@H](C(=O)O)c1ccccc1. The number of nitrogens with zero attached hydrogens (tertiary/aromatic N) is 1. The number of carboxylic acids is 1. The zero-order chi connectivity index (χ0) is 13.1. The fourth-order valence-corrected chi connectivity index (χ4v) is 1.91. The summed E-state index contributed by atoms with van der Waals surface area (Å²) in [5.41, 5.74) is 0.380. The van der Waals surface area contributed by atoms with E-state index in [9.17, 15) is 13.2 Å². The lowest BCUT2D eigenvalue weighted by Crippen LogP contribution is -2.40. The van der Waals surface area contributed by atoms with Crippen molar-refractivity contribution in [2.24, 2.45) is 0 Å². The van der Waals surface area contributed by atoms with Gasteiger partial charge in [0.2, 0.25) is 0 Å². The van der Waals surface area contributed by atoms with Crippen LogP contribution >= 0.6 is 0 Å². The summed E-state index contributed by atoms with van der Waals surface area (Å²) in [7, 11) is -1.14. The number of carboxylic acid groups (broad SMARTS) is 1. The molecule has 6 nitrogen and oxygen atoms in total. The number of hydrogen-bond donors (Lipinski definition) is 2. The van der Waals surface area contributed by atoms with Crippen LogP contribution in [0, 0.1) is 0 Å². The molecule has 7 heteroatoms. The summed E-state index contributed by atoms with van der Waals surface area (Å²) < 4.78 is 26.2. The summed E-state index contributed by atoms with van der Waals surface area (Å²) in [5, 5.41) is 9.03. The van der Waals surface area contributed by atoms with E-state index in [1.807, 2.05) is 0 Å². The fraction of sp³-hybridized carbons (Fsp3) is 0.300. The van der Waals surface area contributed by atoms with Crippen LogP contribution in [0.1, 0.15) is 11.6 Å². The maximum atomic E-state index is 11.6. The molecule has 0 aliphatic heterocycles. The zero-order valence-electron chi connectivity index (χ0n) is 9.49. The quantitative estimate of drug-likeness (QED) is 0.790. The van der Waals surface area contributed by atoms with Gasteiger partial charge in [-0.15, -0.1) is 0 Å². The van der Waals surface area contributed by atoms with Crippen molar-refractivity contribution in [2.75, 3.05) is 14.1 Å². The van der Waals surface area contributed by atoms with Crippen molar-refractivity contribution in [3.05, 3.63) is 35.9 Å². The maximum absolute atomic E-state index is 11.6. The first kappa shape index (κ1) is 13.6. The largest absolute Gasteiger partial charge is 0.480 e. The van der Waals surface area contributed by atoms with Gasteiger partial charge in [0.1, 0.15) is 6.04 Å². The van der Waals surface area contributed by atoms with Gasteiger partial charge in [-0.1, -0.05) is 30.3 Å². The summed E-state index contributed by atoms with van der Waals surface area (Å²) in [6.07, 6.45) is 0.